The van der Waals surface area contributed by atoms with Crippen molar-refractivity contribution in [3.05, 3.63) is 46.6 Å². The molecule has 4 N–H and O–H groups in total. The first-order valence-electron chi connectivity index (χ1n) is 11.8. The molecule has 0 bridgehead atoms. The zero-order chi connectivity index (χ0) is 28.9. The number of carbonyl (C=O) groups excluding carboxylic acids is 3. The maximum Gasteiger partial charge on any atom is 0.408 e. The number of hydrogen-bond acceptors (Lipinski definition) is 9. The van der Waals surface area contributed by atoms with E-state index < -0.39 is 36.0 Å². The molecule has 1 heterocycles. The molecular formula is C27H31N3O9. The summed E-state index contributed by atoms with van der Waals surface area (Å²) in [4.78, 5) is 49.7. The highest BCUT2D eigenvalue weighted by Gasteiger charge is 2.26. The first-order valence-corrected chi connectivity index (χ1v) is 11.8. The maximum atomic E-state index is 13.1. The van der Waals surface area contributed by atoms with Gasteiger partial charge < -0.3 is 39.7 Å². The summed E-state index contributed by atoms with van der Waals surface area (Å²) < 4.78 is 27.3. The Balaban J connectivity index is 1.94. The van der Waals surface area contributed by atoms with E-state index in [0.717, 1.165) is 0 Å². The van der Waals surface area contributed by atoms with Crippen LogP contribution in [-0.4, -0.2) is 50.9 Å². The van der Waals surface area contributed by atoms with Crippen molar-refractivity contribution in [2.45, 2.75) is 38.8 Å². The van der Waals surface area contributed by atoms with E-state index in [-0.39, 0.29) is 33.7 Å². The molecule has 0 aliphatic rings. The van der Waals surface area contributed by atoms with Crippen LogP contribution in [0.2, 0.25) is 0 Å². The van der Waals surface area contributed by atoms with E-state index >= 15 is 0 Å². The molecule has 2 aromatic carbocycles. The zero-order valence-electron chi connectivity index (χ0n) is 22.5. The van der Waals surface area contributed by atoms with Gasteiger partial charge in [-0.15, -0.1) is 0 Å². The molecule has 39 heavy (non-hydrogen) atoms. The van der Waals surface area contributed by atoms with Crippen LogP contribution in [0.4, 0.5) is 10.5 Å². The topological polar surface area (TPSA) is 168 Å². The molecule has 0 saturated heterocycles. The summed E-state index contributed by atoms with van der Waals surface area (Å²) in [7, 11) is 4.28. The van der Waals surface area contributed by atoms with E-state index in [0.29, 0.717) is 17.0 Å². The quantitative estimate of drug-likeness (QED) is 0.368. The number of fused-ring (bicyclic) bond motifs is 1. The second-order valence-electron chi connectivity index (χ2n) is 9.43. The van der Waals surface area contributed by atoms with Crippen molar-refractivity contribution in [3.8, 4) is 28.6 Å². The van der Waals surface area contributed by atoms with Crippen LogP contribution in [0.5, 0.6) is 17.2 Å². The number of benzene rings is 2. The minimum atomic E-state index is -1.28. The van der Waals surface area contributed by atoms with Gasteiger partial charge in [-0.25, -0.2) is 4.79 Å². The van der Waals surface area contributed by atoms with E-state index in [1.165, 1.54) is 33.5 Å². The monoisotopic (exact) mass is 541 g/mol. The largest absolute Gasteiger partial charge is 0.493 e. The Morgan fingerprint density at radius 3 is 2.28 bits per heavy atom. The number of nitrogens with one attached hydrogen (secondary N) is 2. The number of ether oxygens (including phenoxy) is 4. The maximum absolute atomic E-state index is 13.1. The second kappa shape index (κ2) is 11.8. The highest BCUT2D eigenvalue weighted by atomic mass is 16.6. The zero-order valence-corrected chi connectivity index (χ0v) is 22.5. The van der Waals surface area contributed by atoms with Crippen LogP contribution in [0, 0.1) is 0 Å². The third-order valence-electron chi connectivity index (χ3n) is 5.35. The molecule has 12 nitrogen and oxygen atoms in total. The molecule has 0 unspecified atom stereocenters. The molecule has 0 spiro atoms. The summed E-state index contributed by atoms with van der Waals surface area (Å²) in [6, 6.07) is 7.99. The van der Waals surface area contributed by atoms with Gasteiger partial charge in [-0.05, 0) is 32.9 Å². The van der Waals surface area contributed by atoms with Gasteiger partial charge in [0.05, 0.1) is 27.8 Å². The second-order valence-corrected chi connectivity index (χ2v) is 9.43. The van der Waals surface area contributed by atoms with Crippen LogP contribution < -0.4 is 36.0 Å². The number of rotatable bonds is 9. The van der Waals surface area contributed by atoms with Gasteiger partial charge in [-0.3, -0.25) is 14.4 Å². The Bertz CT molecular complexity index is 1460. The Hall–Kier alpha value is -4.74. The minimum absolute atomic E-state index is 0.172. The molecule has 3 aromatic rings. The predicted octanol–water partition coefficient (Wildman–Crippen LogP) is 3.19. The third-order valence-corrected chi connectivity index (χ3v) is 5.35. The van der Waals surface area contributed by atoms with Crippen molar-refractivity contribution >= 4 is 34.6 Å². The third kappa shape index (κ3) is 6.98. The van der Waals surface area contributed by atoms with Crippen molar-refractivity contribution < 1.29 is 37.7 Å². The van der Waals surface area contributed by atoms with E-state index in [9.17, 15) is 19.2 Å². The first kappa shape index (κ1) is 28.8. The fourth-order valence-electron chi connectivity index (χ4n) is 3.77. The molecule has 208 valence electrons. The van der Waals surface area contributed by atoms with E-state index in [1.807, 2.05) is 0 Å². The molecule has 0 aliphatic heterocycles. The standard InChI is InChI=1S/C27H31N3O9/c1-27(2,3)39-26(34)30-16(11-21(28)32)25(33)29-15-9-7-8-14(10-15)18-12-17(31)22-19(38-18)13-20(35-4)23(36-5)24(22)37-6/h7-10,12-13,16H,11H2,1-6H3,(H2,28,32)(H,29,33)(H,30,34)/t16-/m0/s1. The normalized spacial score (nSPS) is 11.8. The smallest absolute Gasteiger partial charge is 0.408 e. The molecular weight excluding hydrogens is 510 g/mol. The van der Waals surface area contributed by atoms with Crippen molar-refractivity contribution in [3.63, 3.8) is 0 Å². The lowest BCUT2D eigenvalue weighted by atomic mass is 10.1. The lowest BCUT2D eigenvalue weighted by Gasteiger charge is -2.23. The number of anilines is 1. The van der Waals surface area contributed by atoms with Crippen LogP contribution in [0.25, 0.3) is 22.3 Å². The number of amides is 3. The number of carbonyl (C=O) groups is 3. The highest BCUT2D eigenvalue weighted by Crippen LogP contribution is 2.42. The number of primary amides is 1. The molecule has 0 aliphatic carbocycles. The van der Waals surface area contributed by atoms with Crippen LogP contribution in [-0.2, 0) is 14.3 Å². The minimum Gasteiger partial charge on any atom is -0.493 e. The lowest BCUT2D eigenvalue weighted by Crippen LogP contribution is -2.47. The number of hydrogen-bond donors (Lipinski definition) is 3. The van der Waals surface area contributed by atoms with Crippen LogP contribution in [0.1, 0.15) is 27.2 Å². The fraction of sp³-hybridized carbons (Fsp3) is 0.333. The van der Waals surface area contributed by atoms with E-state index in [4.69, 9.17) is 29.1 Å². The number of methoxy groups -OCH3 is 3. The average molecular weight is 542 g/mol. The summed E-state index contributed by atoms with van der Waals surface area (Å²) in [6.07, 6.45) is -1.32. The summed E-state index contributed by atoms with van der Waals surface area (Å²) in [6.45, 7) is 4.99. The molecule has 1 atom stereocenters. The van der Waals surface area contributed by atoms with Gasteiger partial charge in [-0.1, -0.05) is 12.1 Å². The van der Waals surface area contributed by atoms with Gasteiger partial charge in [0.15, 0.2) is 16.9 Å². The Kier molecular flexibility index (Phi) is 8.69. The van der Waals surface area contributed by atoms with Gasteiger partial charge in [0.2, 0.25) is 17.6 Å². The highest BCUT2D eigenvalue weighted by molar-refractivity contribution is 5.99. The average Bonchev–Trinajstić information content (AvgIpc) is 2.85. The van der Waals surface area contributed by atoms with Crippen molar-refractivity contribution in [2.75, 3.05) is 26.6 Å². The SMILES string of the molecule is COc1cc2oc(-c3cccc(NC(=O)[C@H](CC(N)=O)NC(=O)OC(C)(C)C)c3)cc(=O)c2c(OC)c1OC. The summed E-state index contributed by atoms with van der Waals surface area (Å²) in [5.74, 6) is -0.549. The Morgan fingerprint density at radius 1 is 1.00 bits per heavy atom. The summed E-state index contributed by atoms with van der Waals surface area (Å²) >= 11 is 0. The predicted molar refractivity (Wildman–Crippen MR) is 143 cm³/mol. The molecule has 0 radical (unpaired) electrons. The van der Waals surface area contributed by atoms with Gasteiger partial charge >= 0.3 is 6.09 Å². The van der Waals surface area contributed by atoms with Crippen molar-refractivity contribution in [1.82, 2.24) is 5.32 Å². The van der Waals surface area contributed by atoms with Crippen molar-refractivity contribution in [2.24, 2.45) is 5.73 Å². The molecule has 1 aromatic heterocycles. The first-order chi connectivity index (χ1) is 18.4. The van der Waals surface area contributed by atoms with Crippen molar-refractivity contribution in [1.29, 1.82) is 0 Å². The fourth-order valence-corrected chi connectivity index (χ4v) is 3.77. The van der Waals surface area contributed by atoms with E-state index in [1.54, 1.807) is 45.0 Å². The molecule has 12 heteroatoms. The lowest BCUT2D eigenvalue weighted by molar-refractivity contribution is -0.124. The van der Waals surface area contributed by atoms with Gasteiger partial charge in [0.1, 0.15) is 28.4 Å². The molecule has 3 amide bonds. The van der Waals surface area contributed by atoms with Crippen LogP contribution in [0.15, 0.2) is 45.6 Å². The molecule has 3 rings (SSSR count). The summed E-state index contributed by atoms with van der Waals surface area (Å²) in [5, 5.41) is 5.17. The molecule has 0 saturated carbocycles. The van der Waals surface area contributed by atoms with Crippen LogP contribution >= 0.6 is 0 Å². The van der Waals surface area contributed by atoms with Crippen LogP contribution in [0.3, 0.4) is 0 Å². The summed E-state index contributed by atoms with van der Waals surface area (Å²) in [5.41, 5.74) is 5.04. The molecule has 0 fully saturated rings. The Morgan fingerprint density at radius 2 is 1.69 bits per heavy atom. The van der Waals surface area contributed by atoms with Gasteiger partial charge in [-0.2, -0.15) is 0 Å². The number of nitrogens with two attached hydrogens (primary N) is 1. The Labute approximate surface area is 224 Å². The van der Waals surface area contributed by atoms with E-state index in [2.05, 4.69) is 10.6 Å². The van der Waals surface area contributed by atoms with Gasteiger partial charge in [0.25, 0.3) is 0 Å². The van der Waals surface area contributed by atoms with Gasteiger partial charge in [0, 0.05) is 23.4 Å². The number of alkyl carbamates (subject to hydrolysis) is 1.